The van der Waals surface area contributed by atoms with Gasteiger partial charge in [-0.05, 0) is 53.9 Å². The number of aromatic amines is 1. The number of benzene rings is 2. The van der Waals surface area contributed by atoms with Gasteiger partial charge >= 0.3 is 5.97 Å². The van der Waals surface area contributed by atoms with Crippen LogP contribution in [0.3, 0.4) is 0 Å². The van der Waals surface area contributed by atoms with Gasteiger partial charge in [0.2, 0.25) is 0 Å². The van der Waals surface area contributed by atoms with Crippen molar-refractivity contribution < 1.29 is 15.0 Å². The maximum Gasteiger partial charge on any atom is 0.328 e. The average molecular weight is 336 g/mol. The number of hydrogen-bond donors (Lipinski definition) is 4. The number of carboxylic acids is 1. The van der Waals surface area contributed by atoms with E-state index < -0.39 is 5.97 Å². The summed E-state index contributed by atoms with van der Waals surface area (Å²) in [6, 6.07) is 13.1. The third-order valence-corrected chi connectivity index (χ3v) is 4.05. The summed E-state index contributed by atoms with van der Waals surface area (Å²) in [4.78, 5) is 13.7. The van der Waals surface area contributed by atoms with Gasteiger partial charge in [0.05, 0.1) is 0 Å². The molecule has 0 saturated heterocycles. The molecule has 1 aromatic heterocycles. The topological polar surface area (TPSA) is 85.4 Å². The molecule has 128 valence electrons. The van der Waals surface area contributed by atoms with Crippen LogP contribution in [0, 0.1) is 0 Å². The van der Waals surface area contributed by atoms with Crippen LogP contribution in [0.5, 0.6) is 5.75 Å². The lowest BCUT2D eigenvalue weighted by atomic mass is 10.1. The minimum absolute atomic E-state index is 0.276. The molecule has 5 nitrogen and oxygen atoms in total. The molecule has 5 heteroatoms. The molecular formula is C20H20N2O3. The van der Waals surface area contributed by atoms with E-state index in [0.29, 0.717) is 0 Å². The van der Waals surface area contributed by atoms with Crippen molar-refractivity contribution in [3.63, 3.8) is 0 Å². The average Bonchev–Trinajstić information content (AvgIpc) is 3.00. The Bertz CT molecular complexity index is 895. The highest BCUT2D eigenvalue weighted by Gasteiger charge is 2.04. The van der Waals surface area contributed by atoms with Gasteiger partial charge in [-0.25, -0.2) is 4.79 Å². The molecule has 0 fully saturated rings. The smallest absolute Gasteiger partial charge is 0.328 e. The number of carbonyl (C=O) groups is 1. The van der Waals surface area contributed by atoms with Gasteiger partial charge in [-0.3, -0.25) is 0 Å². The van der Waals surface area contributed by atoms with Crippen molar-refractivity contribution in [2.24, 2.45) is 0 Å². The zero-order valence-electron chi connectivity index (χ0n) is 13.7. The Kier molecular flexibility index (Phi) is 5.16. The van der Waals surface area contributed by atoms with Gasteiger partial charge < -0.3 is 20.5 Å². The van der Waals surface area contributed by atoms with E-state index in [1.54, 1.807) is 18.2 Å². The number of rotatable bonds is 7. The number of hydrogen-bond acceptors (Lipinski definition) is 3. The number of fused-ring (bicyclic) bond motifs is 1. The lowest BCUT2D eigenvalue weighted by molar-refractivity contribution is -0.131. The summed E-state index contributed by atoms with van der Waals surface area (Å²) in [6.45, 7) is 1.57. The quantitative estimate of drug-likeness (QED) is 0.394. The number of carboxylic acid groups (broad SMARTS) is 1. The van der Waals surface area contributed by atoms with Crippen molar-refractivity contribution in [3.05, 3.63) is 71.4 Å². The van der Waals surface area contributed by atoms with Gasteiger partial charge in [-0.15, -0.1) is 0 Å². The van der Waals surface area contributed by atoms with E-state index >= 15 is 0 Å². The number of nitrogens with one attached hydrogen (secondary N) is 2. The van der Waals surface area contributed by atoms with Crippen LogP contribution in [0.15, 0.2) is 54.7 Å². The van der Waals surface area contributed by atoms with Crippen LogP contribution >= 0.6 is 0 Å². The Morgan fingerprint density at radius 1 is 1.16 bits per heavy atom. The summed E-state index contributed by atoms with van der Waals surface area (Å²) in [5.41, 5.74) is 4.21. The van der Waals surface area contributed by atoms with Crippen LogP contribution in [0.4, 0.5) is 0 Å². The summed E-state index contributed by atoms with van der Waals surface area (Å²) in [5.74, 6) is -0.672. The normalized spacial score (nSPS) is 11.4. The Labute approximate surface area is 145 Å². The van der Waals surface area contributed by atoms with Crippen LogP contribution in [-0.2, 0) is 17.8 Å². The molecule has 0 aliphatic heterocycles. The second kappa shape index (κ2) is 7.68. The van der Waals surface area contributed by atoms with Crippen molar-refractivity contribution in [2.75, 3.05) is 6.54 Å². The second-order valence-corrected chi connectivity index (χ2v) is 5.88. The zero-order chi connectivity index (χ0) is 17.6. The van der Waals surface area contributed by atoms with E-state index in [2.05, 4.69) is 10.3 Å². The van der Waals surface area contributed by atoms with E-state index in [9.17, 15) is 9.90 Å². The van der Waals surface area contributed by atoms with E-state index in [4.69, 9.17) is 5.11 Å². The number of H-pyrrole nitrogens is 1. The molecule has 0 bridgehead atoms. The summed E-state index contributed by atoms with van der Waals surface area (Å²) >= 11 is 0. The number of aromatic nitrogens is 1. The fraction of sp³-hybridized carbons (Fsp3) is 0.150. The molecule has 25 heavy (non-hydrogen) atoms. The molecule has 3 rings (SSSR count). The summed E-state index contributed by atoms with van der Waals surface area (Å²) in [7, 11) is 0. The number of phenols is 1. The number of aliphatic carboxylic acids is 1. The van der Waals surface area contributed by atoms with Gasteiger partial charge in [0.25, 0.3) is 0 Å². The molecule has 0 saturated carbocycles. The molecular weight excluding hydrogens is 316 g/mol. The molecule has 0 unspecified atom stereocenters. The molecule has 1 heterocycles. The van der Waals surface area contributed by atoms with Crippen molar-refractivity contribution >= 4 is 22.9 Å². The molecule has 2 aromatic carbocycles. The lowest BCUT2D eigenvalue weighted by Gasteiger charge is -2.05. The largest absolute Gasteiger partial charge is 0.508 e. The molecule has 0 aliphatic carbocycles. The van der Waals surface area contributed by atoms with Crippen LogP contribution in [0.2, 0.25) is 0 Å². The fourth-order valence-corrected chi connectivity index (χ4v) is 2.74. The maximum atomic E-state index is 10.5. The molecule has 0 amide bonds. The van der Waals surface area contributed by atoms with Gasteiger partial charge in [-0.2, -0.15) is 0 Å². The Morgan fingerprint density at radius 3 is 2.72 bits per heavy atom. The number of phenolic OH excluding ortho intramolecular Hbond substituents is 1. The molecule has 0 radical (unpaired) electrons. The first-order valence-corrected chi connectivity index (χ1v) is 8.11. The van der Waals surface area contributed by atoms with Crippen LogP contribution in [-0.4, -0.2) is 27.7 Å². The third-order valence-electron chi connectivity index (χ3n) is 4.05. The first-order valence-electron chi connectivity index (χ1n) is 8.11. The minimum atomic E-state index is -0.948. The number of aromatic hydroxyl groups is 1. The Hall–Kier alpha value is -3.05. The maximum absolute atomic E-state index is 10.5. The van der Waals surface area contributed by atoms with E-state index in [-0.39, 0.29) is 5.75 Å². The monoisotopic (exact) mass is 336 g/mol. The molecule has 0 atom stereocenters. The van der Waals surface area contributed by atoms with E-state index in [0.717, 1.165) is 47.6 Å². The Morgan fingerprint density at radius 2 is 1.96 bits per heavy atom. The molecule has 4 N–H and O–H groups in total. The summed E-state index contributed by atoms with van der Waals surface area (Å²) in [5, 5.41) is 22.7. The van der Waals surface area contributed by atoms with Crippen LogP contribution in [0.1, 0.15) is 16.7 Å². The van der Waals surface area contributed by atoms with Crippen LogP contribution in [0.25, 0.3) is 17.0 Å². The van der Waals surface area contributed by atoms with Gasteiger partial charge in [-0.1, -0.05) is 24.3 Å². The molecule has 0 spiro atoms. The van der Waals surface area contributed by atoms with E-state index in [1.165, 1.54) is 5.56 Å². The SMILES string of the molecule is O=C(O)/C=C/c1ccc(CNCCc2c[nH]c3ccc(O)cc23)cc1. The standard InChI is InChI=1S/C20H20N2O3/c23-17-6-7-19-18(11-17)16(13-22-19)9-10-21-12-15-3-1-14(2-4-15)5-8-20(24)25/h1-8,11,13,21-23H,9-10,12H2,(H,24,25)/b8-5+. The minimum Gasteiger partial charge on any atom is -0.508 e. The predicted molar refractivity (Wildman–Crippen MR) is 98.5 cm³/mol. The highest BCUT2D eigenvalue weighted by atomic mass is 16.4. The predicted octanol–water partition coefficient (Wildman–Crippen LogP) is 3.30. The summed E-state index contributed by atoms with van der Waals surface area (Å²) in [6.07, 6.45) is 5.55. The van der Waals surface area contributed by atoms with E-state index in [1.807, 2.05) is 36.5 Å². The van der Waals surface area contributed by atoms with Gasteiger partial charge in [0, 0.05) is 29.7 Å². The highest BCUT2D eigenvalue weighted by Crippen LogP contribution is 2.23. The molecule has 3 aromatic rings. The lowest BCUT2D eigenvalue weighted by Crippen LogP contribution is -2.16. The summed E-state index contributed by atoms with van der Waals surface area (Å²) < 4.78 is 0. The highest BCUT2D eigenvalue weighted by molar-refractivity contribution is 5.85. The van der Waals surface area contributed by atoms with Gasteiger partial charge in [0.15, 0.2) is 0 Å². The Balaban J connectivity index is 1.51. The van der Waals surface area contributed by atoms with Gasteiger partial charge in [0.1, 0.15) is 5.75 Å². The third kappa shape index (κ3) is 4.49. The van der Waals surface area contributed by atoms with Crippen molar-refractivity contribution in [2.45, 2.75) is 13.0 Å². The fourth-order valence-electron chi connectivity index (χ4n) is 2.74. The van der Waals surface area contributed by atoms with Crippen molar-refractivity contribution in [3.8, 4) is 5.75 Å². The molecule has 0 aliphatic rings. The van der Waals surface area contributed by atoms with Crippen LogP contribution < -0.4 is 5.32 Å². The first kappa shape index (κ1) is 16.8. The second-order valence-electron chi connectivity index (χ2n) is 5.88. The first-order chi connectivity index (χ1) is 12.1. The van der Waals surface area contributed by atoms with Crippen molar-refractivity contribution in [1.82, 2.24) is 10.3 Å². The van der Waals surface area contributed by atoms with Crippen molar-refractivity contribution in [1.29, 1.82) is 0 Å². The zero-order valence-corrected chi connectivity index (χ0v) is 13.7.